The number of aromatic nitrogens is 3. The van der Waals surface area contributed by atoms with E-state index in [1.54, 1.807) is 6.07 Å². The average Bonchev–Trinajstić information content (AvgIpc) is 3.39. The van der Waals surface area contributed by atoms with Gasteiger partial charge in [-0.3, -0.25) is 0 Å². The highest BCUT2D eigenvalue weighted by molar-refractivity contribution is 7.28. The van der Waals surface area contributed by atoms with E-state index >= 15 is 4.39 Å². The SMILES string of the molecule is Cc1ccn2c(CC3CN(C)CCO3)c(-c3c(F)cc(-c4nc(C(=O)O)co4)cc3P)nc2c1. The molecule has 4 heterocycles. The topological polar surface area (TPSA) is 93.1 Å². The number of hydrogen-bond acceptors (Lipinski definition) is 6. The van der Waals surface area contributed by atoms with Crippen molar-refractivity contribution in [3.8, 4) is 22.7 Å². The van der Waals surface area contributed by atoms with Gasteiger partial charge in [-0.25, -0.2) is 19.2 Å². The van der Waals surface area contributed by atoms with Crippen LogP contribution in [-0.4, -0.2) is 63.2 Å². The number of hydrogen-bond donors (Lipinski definition) is 1. The number of ether oxygens (including phenoxy) is 1. The first-order chi connectivity index (χ1) is 16.3. The van der Waals surface area contributed by atoms with E-state index in [1.807, 2.05) is 29.7 Å². The number of nitrogens with zero attached hydrogens (tertiary/aromatic N) is 4. The third kappa shape index (κ3) is 4.22. The number of oxazole rings is 1. The highest BCUT2D eigenvalue weighted by Gasteiger charge is 2.26. The molecule has 1 aromatic carbocycles. The first kappa shape index (κ1) is 22.7. The maximum Gasteiger partial charge on any atom is 0.357 e. The summed E-state index contributed by atoms with van der Waals surface area (Å²) in [5, 5.41) is 9.66. The van der Waals surface area contributed by atoms with E-state index in [9.17, 15) is 4.79 Å². The number of halogens is 1. The predicted octanol–water partition coefficient (Wildman–Crippen LogP) is 3.18. The molecular formula is C24H24FN4O4P. The lowest BCUT2D eigenvalue weighted by Crippen LogP contribution is -2.41. The minimum absolute atomic E-state index is 0.0317. The summed E-state index contributed by atoms with van der Waals surface area (Å²) in [7, 11) is 4.61. The number of pyridine rings is 1. The predicted molar refractivity (Wildman–Crippen MR) is 128 cm³/mol. The zero-order valence-corrected chi connectivity index (χ0v) is 19.9. The zero-order chi connectivity index (χ0) is 24.0. The summed E-state index contributed by atoms with van der Waals surface area (Å²) >= 11 is 0. The normalized spacial score (nSPS) is 16.9. The van der Waals surface area contributed by atoms with Gasteiger partial charge in [0.05, 0.1) is 24.1 Å². The van der Waals surface area contributed by atoms with Gasteiger partial charge in [-0.05, 0) is 49.1 Å². The highest BCUT2D eigenvalue weighted by Crippen LogP contribution is 2.31. The molecule has 0 aliphatic carbocycles. The molecule has 0 spiro atoms. The number of carboxylic acids is 1. The fraction of sp³-hybridized carbons (Fsp3) is 0.292. The van der Waals surface area contributed by atoms with Crippen LogP contribution in [0, 0.1) is 12.7 Å². The number of fused-ring (bicyclic) bond motifs is 1. The van der Waals surface area contributed by atoms with Crippen molar-refractivity contribution >= 4 is 26.2 Å². The first-order valence-electron chi connectivity index (χ1n) is 10.9. The number of rotatable bonds is 5. The van der Waals surface area contributed by atoms with Crippen molar-refractivity contribution in [3.05, 3.63) is 59.5 Å². The summed E-state index contributed by atoms with van der Waals surface area (Å²) < 4.78 is 28.8. The number of morpholine rings is 1. The third-order valence-corrected chi connectivity index (χ3v) is 6.43. The molecule has 0 saturated carbocycles. The van der Waals surface area contributed by atoms with Gasteiger partial charge in [0.1, 0.15) is 17.7 Å². The molecule has 2 unspecified atom stereocenters. The highest BCUT2D eigenvalue weighted by atomic mass is 31.0. The van der Waals surface area contributed by atoms with E-state index in [0.29, 0.717) is 35.2 Å². The monoisotopic (exact) mass is 482 g/mol. The molecule has 176 valence electrons. The van der Waals surface area contributed by atoms with Crippen LogP contribution < -0.4 is 5.30 Å². The number of benzene rings is 1. The Labute approximate surface area is 197 Å². The molecule has 2 atom stereocenters. The standard InChI is InChI=1S/C24H24FN4O4P/c1-13-3-4-29-18(10-15-11-28(2)5-6-32-15)22(27-20(29)7-13)21-16(25)8-14(9-19(21)34)23-26-17(12-33-23)24(30)31/h3-4,7-9,12,15H,5-6,10-11,34H2,1-2H3,(H,30,31). The Morgan fingerprint density at radius 3 is 2.85 bits per heavy atom. The number of likely N-dealkylation sites (N-methyl/N-ethyl adjacent to an activating group) is 1. The molecule has 1 fully saturated rings. The van der Waals surface area contributed by atoms with Crippen LogP contribution >= 0.6 is 9.24 Å². The van der Waals surface area contributed by atoms with E-state index in [4.69, 9.17) is 19.2 Å². The van der Waals surface area contributed by atoms with E-state index in [1.165, 1.54) is 6.07 Å². The zero-order valence-electron chi connectivity index (χ0n) is 18.8. The molecule has 0 radical (unpaired) electrons. The number of carboxylic acid groups (broad SMARTS) is 1. The molecule has 1 aliphatic rings. The molecule has 3 aromatic heterocycles. The van der Waals surface area contributed by atoms with Crippen LogP contribution in [-0.2, 0) is 11.2 Å². The van der Waals surface area contributed by atoms with Crippen LogP contribution in [0.15, 0.2) is 41.1 Å². The summed E-state index contributed by atoms with van der Waals surface area (Å²) in [4.78, 5) is 22.1. The Morgan fingerprint density at radius 2 is 2.15 bits per heavy atom. The lowest BCUT2D eigenvalue weighted by atomic mass is 10.0. The van der Waals surface area contributed by atoms with Gasteiger partial charge in [0.25, 0.3) is 0 Å². The number of aromatic carboxylic acids is 1. The fourth-order valence-corrected chi connectivity index (χ4v) is 4.76. The summed E-state index contributed by atoms with van der Waals surface area (Å²) in [5.74, 6) is -1.67. The Hall–Kier alpha value is -3.13. The van der Waals surface area contributed by atoms with Crippen molar-refractivity contribution in [3.63, 3.8) is 0 Å². The lowest BCUT2D eigenvalue weighted by Gasteiger charge is -2.30. The Balaban J connectivity index is 1.61. The van der Waals surface area contributed by atoms with Gasteiger partial charge in [0.15, 0.2) is 5.69 Å². The fourth-order valence-electron chi connectivity index (χ4n) is 4.30. The van der Waals surface area contributed by atoms with Crippen molar-refractivity contribution in [1.29, 1.82) is 0 Å². The minimum atomic E-state index is -1.21. The van der Waals surface area contributed by atoms with Crippen LogP contribution in [0.25, 0.3) is 28.4 Å². The second kappa shape index (κ2) is 8.91. The van der Waals surface area contributed by atoms with Gasteiger partial charge < -0.3 is 23.6 Å². The molecule has 1 aliphatic heterocycles. The molecule has 4 aromatic rings. The number of imidazole rings is 1. The Morgan fingerprint density at radius 1 is 1.32 bits per heavy atom. The van der Waals surface area contributed by atoms with Crippen LogP contribution in [0.5, 0.6) is 0 Å². The van der Waals surface area contributed by atoms with E-state index < -0.39 is 11.8 Å². The molecule has 5 rings (SSSR count). The van der Waals surface area contributed by atoms with E-state index in [-0.39, 0.29) is 17.7 Å². The molecule has 1 saturated heterocycles. The third-order valence-electron chi connectivity index (χ3n) is 5.97. The summed E-state index contributed by atoms with van der Waals surface area (Å²) in [6.07, 6.45) is 3.54. The summed E-state index contributed by atoms with van der Waals surface area (Å²) in [6, 6.07) is 6.96. The van der Waals surface area contributed by atoms with Crippen molar-refractivity contribution in [2.45, 2.75) is 19.4 Å². The van der Waals surface area contributed by atoms with Gasteiger partial charge in [0, 0.05) is 36.8 Å². The van der Waals surface area contributed by atoms with Gasteiger partial charge >= 0.3 is 5.97 Å². The number of aryl methyl sites for hydroxylation is 1. The summed E-state index contributed by atoms with van der Waals surface area (Å²) in [6.45, 7) is 4.31. The molecule has 34 heavy (non-hydrogen) atoms. The van der Waals surface area contributed by atoms with Crippen molar-refractivity contribution < 1.29 is 23.4 Å². The molecule has 10 heteroatoms. The van der Waals surface area contributed by atoms with Gasteiger partial charge in [0.2, 0.25) is 5.89 Å². The first-order valence-corrected chi connectivity index (χ1v) is 11.4. The van der Waals surface area contributed by atoms with E-state index in [0.717, 1.165) is 36.3 Å². The second-order valence-corrected chi connectivity index (χ2v) is 9.19. The number of carbonyl (C=O) groups is 1. The lowest BCUT2D eigenvalue weighted by molar-refractivity contribution is -0.0190. The van der Waals surface area contributed by atoms with Crippen LogP contribution in [0.3, 0.4) is 0 Å². The van der Waals surface area contributed by atoms with Gasteiger partial charge in [-0.2, -0.15) is 0 Å². The maximum absolute atomic E-state index is 15.6. The minimum Gasteiger partial charge on any atom is -0.476 e. The van der Waals surface area contributed by atoms with Crippen molar-refractivity contribution in [1.82, 2.24) is 19.3 Å². The quantitative estimate of drug-likeness (QED) is 0.437. The van der Waals surface area contributed by atoms with Crippen LogP contribution in [0.4, 0.5) is 4.39 Å². The smallest absolute Gasteiger partial charge is 0.357 e. The Bertz CT molecular complexity index is 1380. The largest absolute Gasteiger partial charge is 0.476 e. The second-order valence-electron chi connectivity index (χ2n) is 8.56. The molecule has 0 amide bonds. The maximum atomic E-state index is 15.6. The van der Waals surface area contributed by atoms with Crippen molar-refractivity contribution in [2.75, 3.05) is 26.7 Å². The molecular weight excluding hydrogens is 458 g/mol. The van der Waals surface area contributed by atoms with Gasteiger partial charge in [-0.15, -0.1) is 9.24 Å². The van der Waals surface area contributed by atoms with Crippen LogP contribution in [0.2, 0.25) is 0 Å². The average molecular weight is 482 g/mol. The van der Waals surface area contributed by atoms with E-state index in [2.05, 4.69) is 26.2 Å². The van der Waals surface area contributed by atoms with Crippen molar-refractivity contribution in [2.24, 2.45) is 0 Å². The van der Waals surface area contributed by atoms with Crippen LogP contribution in [0.1, 0.15) is 21.7 Å². The van der Waals surface area contributed by atoms with Gasteiger partial charge in [-0.1, -0.05) is 0 Å². The Kier molecular flexibility index (Phi) is 5.93. The molecule has 1 N–H and O–H groups in total. The summed E-state index contributed by atoms with van der Waals surface area (Å²) in [5.41, 5.74) is 3.69. The molecule has 0 bridgehead atoms. The molecule has 8 nitrogen and oxygen atoms in total.